The first-order valence-electron chi connectivity index (χ1n) is 8.61. The number of halogens is 1. The summed E-state index contributed by atoms with van der Waals surface area (Å²) in [6, 6.07) is 3.53. The molecule has 0 bridgehead atoms. The fourth-order valence-corrected chi connectivity index (χ4v) is 5.31. The highest BCUT2D eigenvalue weighted by atomic mass is 35.5. The molecule has 1 aliphatic rings. The van der Waals surface area contributed by atoms with Crippen molar-refractivity contribution in [3.63, 3.8) is 0 Å². The average Bonchev–Trinajstić information content (AvgIpc) is 3.23. The molecule has 0 aliphatic carbocycles. The van der Waals surface area contributed by atoms with E-state index in [0.29, 0.717) is 41.0 Å². The number of nitrogens with one attached hydrogen (secondary N) is 1. The Morgan fingerprint density at radius 2 is 2.07 bits per heavy atom. The van der Waals surface area contributed by atoms with Gasteiger partial charge in [0.1, 0.15) is 5.00 Å². The smallest absolute Gasteiger partial charge is 0.410 e. The summed E-state index contributed by atoms with van der Waals surface area (Å²) in [7, 11) is 1.30. The number of hydrogen-bond acceptors (Lipinski definition) is 7. The predicted octanol–water partition coefficient (Wildman–Crippen LogP) is 3.95. The lowest BCUT2D eigenvalue weighted by Gasteiger charge is -2.26. The predicted molar refractivity (Wildman–Crippen MR) is 108 cm³/mol. The van der Waals surface area contributed by atoms with Crippen molar-refractivity contribution in [1.29, 1.82) is 0 Å². The summed E-state index contributed by atoms with van der Waals surface area (Å²) < 4.78 is 10.6. The standard InChI is InChI=1S/C18H19ClN2O5S2/c1-3-26-18(24)21-7-6-11-12(9-21)28-16(15(11)17(23)25-2)20-14(22)8-10-4-5-13(19)27-10/h4-5H,3,6-9H2,1-2H3,(H,20,22). The highest BCUT2D eigenvalue weighted by molar-refractivity contribution is 7.17. The van der Waals surface area contributed by atoms with Crippen LogP contribution in [0.5, 0.6) is 0 Å². The molecule has 3 rings (SSSR count). The number of carbonyl (C=O) groups excluding carboxylic acids is 3. The van der Waals surface area contributed by atoms with Crippen LogP contribution in [-0.4, -0.2) is 43.1 Å². The summed E-state index contributed by atoms with van der Waals surface area (Å²) in [4.78, 5) is 40.1. The van der Waals surface area contributed by atoms with Crippen LogP contribution in [0.4, 0.5) is 9.80 Å². The fraction of sp³-hybridized carbons (Fsp3) is 0.389. The van der Waals surface area contributed by atoms with Crippen LogP contribution in [-0.2, 0) is 33.7 Å². The maximum absolute atomic E-state index is 12.4. The van der Waals surface area contributed by atoms with Gasteiger partial charge < -0.3 is 19.7 Å². The number of amides is 2. The van der Waals surface area contributed by atoms with Crippen molar-refractivity contribution in [3.05, 3.63) is 37.4 Å². The molecular weight excluding hydrogens is 424 g/mol. The van der Waals surface area contributed by atoms with Crippen LogP contribution in [0.1, 0.15) is 32.6 Å². The van der Waals surface area contributed by atoms with Gasteiger partial charge in [0.2, 0.25) is 5.91 Å². The number of thiophene rings is 2. The zero-order valence-corrected chi connectivity index (χ0v) is 17.8. The number of anilines is 1. The number of hydrogen-bond donors (Lipinski definition) is 1. The van der Waals surface area contributed by atoms with Gasteiger partial charge in [-0.15, -0.1) is 22.7 Å². The second-order valence-corrected chi connectivity index (χ2v) is 8.91. The third-order valence-electron chi connectivity index (χ3n) is 4.19. The van der Waals surface area contributed by atoms with Crippen molar-refractivity contribution >= 4 is 57.2 Å². The van der Waals surface area contributed by atoms with Gasteiger partial charge >= 0.3 is 12.1 Å². The third kappa shape index (κ3) is 4.48. The van der Waals surface area contributed by atoms with E-state index < -0.39 is 5.97 Å². The summed E-state index contributed by atoms with van der Waals surface area (Å²) >= 11 is 8.52. The molecule has 0 radical (unpaired) electrons. The van der Waals surface area contributed by atoms with Gasteiger partial charge in [-0.3, -0.25) is 4.79 Å². The molecule has 28 heavy (non-hydrogen) atoms. The van der Waals surface area contributed by atoms with Crippen molar-refractivity contribution in [3.8, 4) is 0 Å². The van der Waals surface area contributed by atoms with Crippen molar-refractivity contribution in [2.24, 2.45) is 0 Å². The van der Waals surface area contributed by atoms with Crippen LogP contribution in [0.25, 0.3) is 0 Å². The molecule has 2 aromatic rings. The molecule has 0 atom stereocenters. The lowest BCUT2D eigenvalue weighted by atomic mass is 10.0. The molecule has 7 nitrogen and oxygen atoms in total. The summed E-state index contributed by atoms with van der Waals surface area (Å²) in [5.74, 6) is -0.749. The molecule has 1 N–H and O–H groups in total. The molecule has 0 unspecified atom stereocenters. The molecule has 0 spiro atoms. The maximum Gasteiger partial charge on any atom is 0.410 e. The Morgan fingerprint density at radius 3 is 2.71 bits per heavy atom. The van der Waals surface area contributed by atoms with Crippen LogP contribution >= 0.6 is 34.3 Å². The van der Waals surface area contributed by atoms with E-state index in [9.17, 15) is 14.4 Å². The Bertz CT molecular complexity index is 908. The van der Waals surface area contributed by atoms with Crippen LogP contribution in [0, 0.1) is 0 Å². The Kier molecular flexibility index (Phi) is 6.58. The largest absolute Gasteiger partial charge is 0.465 e. The van der Waals surface area contributed by atoms with Gasteiger partial charge in [-0.2, -0.15) is 0 Å². The molecule has 2 aromatic heterocycles. The van der Waals surface area contributed by atoms with Crippen LogP contribution in [0.2, 0.25) is 4.34 Å². The molecule has 1 aliphatic heterocycles. The van der Waals surface area contributed by atoms with Gasteiger partial charge in [-0.05, 0) is 31.0 Å². The second-order valence-electron chi connectivity index (χ2n) is 6.00. The van der Waals surface area contributed by atoms with E-state index in [1.165, 1.54) is 29.8 Å². The highest BCUT2D eigenvalue weighted by Crippen LogP contribution is 2.38. The number of rotatable bonds is 5. The first kappa shape index (κ1) is 20.6. The number of esters is 1. The van der Waals surface area contributed by atoms with Gasteiger partial charge in [-0.25, -0.2) is 9.59 Å². The van der Waals surface area contributed by atoms with E-state index in [0.717, 1.165) is 15.3 Å². The minimum absolute atomic E-state index is 0.162. The second kappa shape index (κ2) is 8.93. The van der Waals surface area contributed by atoms with Gasteiger partial charge in [0.25, 0.3) is 0 Å². The van der Waals surface area contributed by atoms with Gasteiger partial charge in [0.15, 0.2) is 0 Å². The number of fused-ring (bicyclic) bond motifs is 1. The normalized spacial score (nSPS) is 13.0. The fourth-order valence-electron chi connectivity index (χ4n) is 2.96. The Balaban J connectivity index is 1.82. The lowest BCUT2D eigenvalue weighted by molar-refractivity contribution is -0.115. The molecule has 150 valence electrons. The van der Waals surface area contributed by atoms with Crippen LogP contribution in [0.3, 0.4) is 0 Å². The van der Waals surface area contributed by atoms with Crippen molar-refractivity contribution < 1.29 is 23.9 Å². The zero-order chi connectivity index (χ0) is 20.3. The van der Waals surface area contributed by atoms with Crippen LogP contribution < -0.4 is 5.32 Å². The zero-order valence-electron chi connectivity index (χ0n) is 15.4. The molecular formula is C18H19ClN2O5S2. The molecule has 0 fully saturated rings. The van der Waals surface area contributed by atoms with E-state index in [1.54, 1.807) is 24.0 Å². The minimum atomic E-state index is -0.503. The van der Waals surface area contributed by atoms with Crippen LogP contribution in [0.15, 0.2) is 12.1 Å². The van der Waals surface area contributed by atoms with Gasteiger partial charge in [0, 0.05) is 16.3 Å². The summed E-state index contributed by atoms with van der Waals surface area (Å²) in [6.07, 6.45) is 0.266. The Morgan fingerprint density at radius 1 is 1.29 bits per heavy atom. The lowest BCUT2D eigenvalue weighted by Crippen LogP contribution is -2.36. The first-order valence-corrected chi connectivity index (χ1v) is 10.6. The van der Waals surface area contributed by atoms with E-state index >= 15 is 0 Å². The van der Waals surface area contributed by atoms with E-state index in [-0.39, 0.29) is 18.4 Å². The molecule has 0 aromatic carbocycles. The topological polar surface area (TPSA) is 84.9 Å². The van der Waals surface area contributed by atoms with Crippen molar-refractivity contribution in [1.82, 2.24) is 4.90 Å². The minimum Gasteiger partial charge on any atom is -0.465 e. The maximum atomic E-state index is 12.4. The summed E-state index contributed by atoms with van der Waals surface area (Å²) in [5, 5.41) is 3.26. The average molecular weight is 443 g/mol. The summed E-state index contributed by atoms with van der Waals surface area (Å²) in [6.45, 7) is 2.82. The Hall–Kier alpha value is -2.10. The number of ether oxygens (including phenoxy) is 2. The number of nitrogens with zero attached hydrogens (tertiary/aromatic N) is 1. The SMILES string of the molecule is CCOC(=O)N1CCc2c(sc(NC(=O)Cc3ccc(Cl)s3)c2C(=O)OC)C1. The first-order chi connectivity index (χ1) is 13.4. The van der Waals surface area contributed by atoms with E-state index in [2.05, 4.69) is 5.32 Å². The quantitative estimate of drug-likeness (QED) is 0.709. The van der Waals surface area contributed by atoms with E-state index in [1.807, 2.05) is 0 Å². The Labute approximate surface area is 175 Å². The highest BCUT2D eigenvalue weighted by Gasteiger charge is 2.31. The van der Waals surface area contributed by atoms with Gasteiger partial charge in [-0.1, -0.05) is 11.6 Å². The molecule has 2 amide bonds. The van der Waals surface area contributed by atoms with Crippen molar-refractivity contribution in [2.45, 2.75) is 26.3 Å². The molecule has 10 heteroatoms. The molecule has 3 heterocycles. The van der Waals surface area contributed by atoms with E-state index in [4.69, 9.17) is 21.1 Å². The number of methoxy groups -OCH3 is 1. The molecule has 0 saturated heterocycles. The van der Waals surface area contributed by atoms with Gasteiger partial charge in [0.05, 0.1) is 36.6 Å². The number of carbonyl (C=O) groups is 3. The summed E-state index contributed by atoms with van der Waals surface area (Å²) in [5.41, 5.74) is 1.18. The van der Waals surface area contributed by atoms with Crippen molar-refractivity contribution in [2.75, 3.05) is 25.6 Å². The monoisotopic (exact) mass is 442 g/mol. The third-order valence-corrected chi connectivity index (χ3v) is 6.55. The molecule has 0 saturated carbocycles.